The molecule has 0 aromatic heterocycles. The highest BCUT2D eigenvalue weighted by molar-refractivity contribution is 6.07. The van der Waals surface area contributed by atoms with E-state index in [0.717, 1.165) is 38.8 Å². The number of benzene rings is 1. The van der Waals surface area contributed by atoms with Crippen molar-refractivity contribution in [3.63, 3.8) is 0 Å². The van der Waals surface area contributed by atoms with Crippen molar-refractivity contribution in [1.82, 2.24) is 15.1 Å². The van der Waals surface area contributed by atoms with E-state index in [1.165, 1.54) is 5.56 Å². The average molecular weight is 399 g/mol. The number of nitrogens with zero attached hydrogens (tertiary/aromatic N) is 2. The summed E-state index contributed by atoms with van der Waals surface area (Å²) in [6.07, 6.45) is 3.81. The number of piperidine rings is 1. The molecule has 0 radical (unpaired) electrons. The number of amides is 2. The third-order valence-corrected chi connectivity index (χ3v) is 6.08. The number of hydrogen-bond acceptors (Lipinski definition) is 3. The number of rotatable bonds is 7. The van der Waals surface area contributed by atoms with E-state index in [4.69, 9.17) is 5.41 Å². The third-order valence-electron chi connectivity index (χ3n) is 6.08. The summed E-state index contributed by atoms with van der Waals surface area (Å²) in [6.45, 7) is 8.14. The summed E-state index contributed by atoms with van der Waals surface area (Å²) in [7, 11) is 0. The molecule has 1 unspecified atom stereocenters. The SMILES string of the molecule is CC(C)CC1(C)NC(=N)N(CC2CCN(C(=O)CCc3ccccc3)CC2)C1=O. The minimum Gasteiger partial charge on any atom is -0.343 e. The Labute approximate surface area is 174 Å². The molecule has 1 atom stereocenters. The van der Waals surface area contributed by atoms with E-state index < -0.39 is 5.54 Å². The molecule has 29 heavy (non-hydrogen) atoms. The zero-order chi connectivity index (χ0) is 21.0. The highest BCUT2D eigenvalue weighted by atomic mass is 16.2. The van der Waals surface area contributed by atoms with Crippen LogP contribution in [0, 0.1) is 17.2 Å². The van der Waals surface area contributed by atoms with Gasteiger partial charge in [0, 0.05) is 26.1 Å². The van der Waals surface area contributed by atoms with Crippen LogP contribution < -0.4 is 5.32 Å². The molecule has 1 aromatic rings. The molecule has 2 N–H and O–H groups in total. The fourth-order valence-electron chi connectivity index (χ4n) is 4.59. The fourth-order valence-corrected chi connectivity index (χ4v) is 4.59. The Bertz CT molecular complexity index is 741. The van der Waals surface area contributed by atoms with E-state index in [9.17, 15) is 9.59 Å². The van der Waals surface area contributed by atoms with Gasteiger partial charge in [-0.15, -0.1) is 0 Å². The first-order valence-electron chi connectivity index (χ1n) is 10.8. The molecule has 0 spiro atoms. The maximum absolute atomic E-state index is 12.9. The quantitative estimate of drug-likeness (QED) is 0.741. The van der Waals surface area contributed by atoms with Crippen molar-refractivity contribution in [3.05, 3.63) is 35.9 Å². The molecule has 2 amide bonds. The molecule has 3 rings (SSSR count). The molecular weight excluding hydrogens is 364 g/mol. The molecule has 0 aliphatic carbocycles. The molecule has 2 aliphatic heterocycles. The molecule has 0 saturated carbocycles. The van der Waals surface area contributed by atoms with Gasteiger partial charge in [-0.1, -0.05) is 44.2 Å². The largest absolute Gasteiger partial charge is 0.343 e. The van der Waals surface area contributed by atoms with Crippen LogP contribution in [-0.2, 0) is 16.0 Å². The van der Waals surface area contributed by atoms with Crippen molar-refractivity contribution < 1.29 is 9.59 Å². The van der Waals surface area contributed by atoms with Crippen molar-refractivity contribution in [3.8, 4) is 0 Å². The first-order chi connectivity index (χ1) is 13.8. The van der Waals surface area contributed by atoms with Crippen molar-refractivity contribution in [2.75, 3.05) is 19.6 Å². The average Bonchev–Trinajstić information content (AvgIpc) is 2.89. The van der Waals surface area contributed by atoms with Crippen LogP contribution in [-0.4, -0.2) is 52.7 Å². The van der Waals surface area contributed by atoms with E-state index in [2.05, 4.69) is 31.3 Å². The summed E-state index contributed by atoms with van der Waals surface area (Å²) in [6, 6.07) is 10.1. The lowest BCUT2D eigenvalue weighted by atomic mass is 9.90. The summed E-state index contributed by atoms with van der Waals surface area (Å²) in [5.41, 5.74) is 0.526. The third kappa shape index (κ3) is 5.17. The van der Waals surface area contributed by atoms with Gasteiger partial charge in [-0.25, -0.2) is 0 Å². The summed E-state index contributed by atoms with van der Waals surface area (Å²) in [4.78, 5) is 29.0. The minimum absolute atomic E-state index is 0.0116. The van der Waals surface area contributed by atoms with Crippen LogP contribution in [0.25, 0.3) is 0 Å². The number of carbonyl (C=O) groups excluding carboxylic acids is 2. The standard InChI is InChI=1S/C23H34N4O2/c1-17(2)15-23(3)21(29)27(22(24)25-23)16-19-11-13-26(14-12-19)20(28)10-9-18-7-5-4-6-8-18/h4-8,17,19H,9-16H2,1-3H3,(H2,24,25). The summed E-state index contributed by atoms with van der Waals surface area (Å²) >= 11 is 0. The predicted octanol–water partition coefficient (Wildman–Crippen LogP) is 3.03. The van der Waals surface area contributed by atoms with Gasteiger partial charge in [0.2, 0.25) is 5.91 Å². The van der Waals surface area contributed by atoms with Crippen LogP contribution in [0.2, 0.25) is 0 Å². The van der Waals surface area contributed by atoms with E-state index in [-0.39, 0.29) is 17.8 Å². The molecule has 1 aromatic carbocycles. The predicted molar refractivity (Wildman–Crippen MR) is 115 cm³/mol. The van der Waals surface area contributed by atoms with Gasteiger partial charge < -0.3 is 10.2 Å². The van der Waals surface area contributed by atoms with Gasteiger partial charge >= 0.3 is 0 Å². The second-order valence-electron chi connectivity index (χ2n) is 9.13. The van der Waals surface area contributed by atoms with E-state index >= 15 is 0 Å². The second kappa shape index (κ2) is 8.97. The monoisotopic (exact) mass is 398 g/mol. The second-order valence-corrected chi connectivity index (χ2v) is 9.13. The molecule has 2 saturated heterocycles. The van der Waals surface area contributed by atoms with Crippen LogP contribution in [0.5, 0.6) is 0 Å². The van der Waals surface area contributed by atoms with E-state index in [1.54, 1.807) is 4.90 Å². The van der Waals surface area contributed by atoms with Gasteiger partial charge in [0.05, 0.1) is 0 Å². The van der Waals surface area contributed by atoms with Gasteiger partial charge in [-0.05, 0) is 50.0 Å². The highest BCUT2D eigenvalue weighted by Crippen LogP contribution is 2.27. The number of likely N-dealkylation sites (tertiary alicyclic amines) is 1. The van der Waals surface area contributed by atoms with Crippen LogP contribution >= 0.6 is 0 Å². The molecule has 158 valence electrons. The van der Waals surface area contributed by atoms with Crippen LogP contribution in [0.1, 0.15) is 52.0 Å². The molecular formula is C23H34N4O2. The highest BCUT2D eigenvalue weighted by Gasteiger charge is 2.46. The number of carbonyl (C=O) groups is 2. The van der Waals surface area contributed by atoms with Gasteiger partial charge in [-0.3, -0.25) is 19.9 Å². The molecule has 6 heteroatoms. The van der Waals surface area contributed by atoms with Crippen molar-refractivity contribution in [2.24, 2.45) is 11.8 Å². The smallest absolute Gasteiger partial charge is 0.254 e. The molecule has 2 aliphatic rings. The molecule has 2 fully saturated rings. The number of aryl methyl sites for hydroxylation is 1. The zero-order valence-corrected chi connectivity index (χ0v) is 17.9. The first kappa shape index (κ1) is 21.3. The molecule has 2 heterocycles. The van der Waals surface area contributed by atoms with Gasteiger partial charge in [0.25, 0.3) is 5.91 Å². The van der Waals surface area contributed by atoms with Gasteiger partial charge in [0.15, 0.2) is 5.96 Å². The van der Waals surface area contributed by atoms with Crippen LogP contribution in [0.15, 0.2) is 30.3 Å². The number of hydrogen-bond donors (Lipinski definition) is 2. The number of guanidine groups is 1. The summed E-state index contributed by atoms with van der Waals surface area (Å²) < 4.78 is 0. The zero-order valence-electron chi connectivity index (χ0n) is 17.9. The summed E-state index contributed by atoms with van der Waals surface area (Å²) in [5.74, 6) is 1.16. The first-order valence-corrected chi connectivity index (χ1v) is 10.8. The van der Waals surface area contributed by atoms with E-state index in [0.29, 0.717) is 24.8 Å². The van der Waals surface area contributed by atoms with Crippen molar-refractivity contribution >= 4 is 17.8 Å². The number of nitrogens with one attached hydrogen (secondary N) is 2. The van der Waals surface area contributed by atoms with Crippen molar-refractivity contribution in [2.45, 2.75) is 58.4 Å². The van der Waals surface area contributed by atoms with Crippen LogP contribution in [0.3, 0.4) is 0 Å². The Morgan fingerprint density at radius 3 is 2.52 bits per heavy atom. The van der Waals surface area contributed by atoms with E-state index in [1.807, 2.05) is 30.0 Å². The Hall–Kier alpha value is -2.37. The topological polar surface area (TPSA) is 76.5 Å². The lowest BCUT2D eigenvalue weighted by molar-refractivity contribution is -0.134. The maximum Gasteiger partial charge on any atom is 0.254 e. The van der Waals surface area contributed by atoms with Gasteiger partial charge in [0.1, 0.15) is 5.54 Å². The molecule has 0 bridgehead atoms. The normalized spacial score (nSPS) is 23.0. The Kier molecular flexibility index (Phi) is 6.60. The lowest BCUT2D eigenvalue weighted by Crippen LogP contribution is -2.46. The Morgan fingerprint density at radius 2 is 1.90 bits per heavy atom. The van der Waals surface area contributed by atoms with Crippen molar-refractivity contribution in [1.29, 1.82) is 5.41 Å². The maximum atomic E-state index is 12.9. The van der Waals surface area contributed by atoms with Gasteiger partial charge in [-0.2, -0.15) is 0 Å². The van der Waals surface area contributed by atoms with Crippen LogP contribution in [0.4, 0.5) is 0 Å². The fraction of sp³-hybridized carbons (Fsp3) is 0.609. The minimum atomic E-state index is -0.667. The Morgan fingerprint density at radius 1 is 1.24 bits per heavy atom. The lowest BCUT2D eigenvalue weighted by Gasteiger charge is -2.34. The molecule has 6 nitrogen and oxygen atoms in total. The Balaban J connectivity index is 1.46. The summed E-state index contributed by atoms with van der Waals surface area (Å²) in [5, 5.41) is 11.3.